The molecule has 0 aliphatic rings. The van der Waals surface area contributed by atoms with Crippen molar-refractivity contribution in [1.29, 1.82) is 0 Å². The number of halogens is 3. The van der Waals surface area contributed by atoms with Gasteiger partial charge in [-0.2, -0.15) is 9.97 Å². The summed E-state index contributed by atoms with van der Waals surface area (Å²) in [6, 6.07) is 2.52. The Morgan fingerprint density at radius 1 is 1.29 bits per heavy atom. The van der Waals surface area contributed by atoms with E-state index in [1.54, 1.807) is 0 Å². The number of nitrogen functional groups attached to an aromatic ring is 1. The van der Waals surface area contributed by atoms with Crippen LogP contribution in [0.5, 0.6) is 17.5 Å². The van der Waals surface area contributed by atoms with Gasteiger partial charge < -0.3 is 15.2 Å². The molecule has 1 aromatic heterocycles. The smallest absolute Gasteiger partial charge is 0.249 e. The summed E-state index contributed by atoms with van der Waals surface area (Å²) in [5, 5.41) is -0.0197. The van der Waals surface area contributed by atoms with E-state index >= 15 is 0 Å². The number of anilines is 1. The third-order valence-electron chi connectivity index (χ3n) is 2.34. The van der Waals surface area contributed by atoms with Gasteiger partial charge in [0.2, 0.25) is 11.8 Å². The van der Waals surface area contributed by atoms with Crippen LogP contribution in [0.25, 0.3) is 0 Å². The molecule has 2 rings (SSSR count). The molecule has 2 aromatic rings. The summed E-state index contributed by atoms with van der Waals surface area (Å²) in [6.45, 7) is 3.68. The highest BCUT2D eigenvalue weighted by atomic mass is 79.9. The molecule has 112 valence electrons. The largest absolute Gasteiger partial charge is 0.473 e. The van der Waals surface area contributed by atoms with Crippen molar-refractivity contribution in [2.24, 2.45) is 0 Å². The fraction of sp³-hybridized carbons (Fsp3) is 0.231. The number of ether oxygens (including phenoxy) is 2. The Morgan fingerprint density at radius 2 is 1.95 bits per heavy atom. The van der Waals surface area contributed by atoms with Gasteiger partial charge in [0.25, 0.3) is 0 Å². The van der Waals surface area contributed by atoms with Gasteiger partial charge in [0.05, 0.1) is 15.6 Å². The van der Waals surface area contributed by atoms with Crippen LogP contribution in [0.1, 0.15) is 13.8 Å². The van der Waals surface area contributed by atoms with Crippen LogP contribution in [0, 0.1) is 5.82 Å². The van der Waals surface area contributed by atoms with Crippen molar-refractivity contribution in [2.75, 3.05) is 5.73 Å². The topological polar surface area (TPSA) is 70.3 Å². The van der Waals surface area contributed by atoms with E-state index in [1.165, 1.54) is 12.4 Å². The SMILES string of the molecule is CC(C)Oc1ncnc(Oc2cc(F)c(Cl)cc2Br)c1N. The molecule has 0 bridgehead atoms. The second-order valence-electron chi connectivity index (χ2n) is 4.36. The number of rotatable bonds is 4. The van der Waals surface area contributed by atoms with Gasteiger partial charge in [-0.3, -0.25) is 0 Å². The van der Waals surface area contributed by atoms with Gasteiger partial charge in [-0.05, 0) is 35.8 Å². The van der Waals surface area contributed by atoms with E-state index in [1.807, 2.05) is 13.8 Å². The molecule has 0 amide bonds. The third-order valence-corrected chi connectivity index (χ3v) is 3.25. The maximum absolute atomic E-state index is 13.5. The summed E-state index contributed by atoms with van der Waals surface area (Å²) in [5.41, 5.74) is 6.02. The number of hydrogen-bond donors (Lipinski definition) is 1. The molecule has 0 saturated heterocycles. The first-order valence-corrected chi connectivity index (χ1v) is 7.15. The first-order valence-electron chi connectivity index (χ1n) is 5.98. The Labute approximate surface area is 134 Å². The van der Waals surface area contributed by atoms with Crippen LogP contribution in [-0.4, -0.2) is 16.1 Å². The third kappa shape index (κ3) is 3.74. The molecule has 0 atom stereocenters. The lowest BCUT2D eigenvalue weighted by Crippen LogP contribution is -2.10. The molecule has 0 aliphatic heterocycles. The summed E-state index contributed by atoms with van der Waals surface area (Å²) in [7, 11) is 0. The van der Waals surface area contributed by atoms with E-state index in [9.17, 15) is 4.39 Å². The molecule has 0 unspecified atom stereocenters. The van der Waals surface area contributed by atoms with Gasteiger partial charge in [0.1, 0.15) is 17.9 Å². The van der Waals surface area contributed by atoms with Gasteiger partial charge in [0.15, 0.2) is 5.69 Å². The Morgan fingerprint density at radius 3 is 2.62 bits per heavy atom. The molecule has 0 radical (unpaired) electrons. The van der Waals surface area contributed by atoms with E-state index in [0.29, 0.717) is 4.47 Å². The minimum absolute atomic E-state index is 0.0197. The van der Waals surface area contributed by atoms with Crippen LogP contribution in [-0.2, 0) is 0 Å². The molecule has 0 spiro atoms. The lowest BCUT2D eigenvalue weighted by atomic mass is 10.3. The monoisotopic (exact) mass is 375 g/mol. The van der Waals surface area contributed by atoms with Gasteiger partial charge >= 0.3 is 0 Å². The fourth-order valence-electron chi connectivity index (χ4n) is 1.45. The zero-order valence-corrected chi connectivity index (χ0v) is 13.6. The van der Waals surface area contributed by atoms with Gasteiger partial charge in [0, 0.05) is 6.07 Å². The standard InChI is InChI=1S/C13H12BrClFN3O2/c1-6(2)20-12-11(17)13(19-5-18-12)21-10-4-9(16)8(15)3-7(10)14/h3-6H,17H2,1-2H3. The zero-order valence-electron chi connectivity index (χ0n) is 11.2. The summed E-state index contributed by atoms with van der Waals surface area (Å²) in [6.07, 6.45) is 1.15. The van der Waals surface area contributed by atoms with E-state index in [4.69, 9.17) is 26.8 Å². The molecule has 2 N–H and O–H groups in total. The molecule has 0 fully saturated rings. The van der Waals surface area contributed by atoms with Gasteiger partial charge in [-0.1, -0.05) is 11.6 Å². The van der Waals surface area contributed by atoms with Crippen molar-refractivity contribution >= 4 is 33.2 Å². The van der Waals surface area contributed by atoms with Crippen LogP contribution in [0.15, 0.2) is 22.9 Å². The van der Waals surface area contributed by atoms with Crippen LogP contribution >= 0.6 is 27.5 Å². The zero-order chi connectivity index (χ0) is 15.6. The lowest BCUT2D eigenvalue weighted by Gasteiger charge is -2.13. The van der Waals surface area contributed by atoms with Crippen molar-refractivity contribution in [3.8, 4) is 17.5 Å². The molecule has 1 aromatic carbocycles. The average Bonchev–Trinajstić information content (AvgIpc) is 2.40. The minimum atomic E-state index is -0.610. The number of nitrogens with two attached hydrogens (primary N) is 1. The number of hydrogen-bond acceptors (Lipinski definition) is 5. The molecule has 1 heterocycles. The van der Waals surface area contributed by atoms with E-state index in [-0.39, 0.29) is 34.3 Å². The fourth-order valence-corrected chi connectivity index (χ4v) is 2.17. The van der Waals surface area contributed by atoms with Crippen LogP contribution in [0.4, 0.5) is 10.1 Å². The van der Waals surface area contributed by atoms with E-state index < -0.39 is 5.82 Å². The summed E-state index contributed by atoms with van der Waals surface area (Å²) in [5.74, 6) is -0.137. The quantitative estimate of drug-likeness (QED) is 0.810. The van der Waals surface area contributed by atoms with Crippen molar-refractivity contribution in [3.63, 3.8) is 0 Å². The summed E-state index contributed by atoms with van der Waals surface area (Å²) >= 11 is 8.90. The molecule has 5 nitrogen and oxygen atoms in total. The average molecular weight is 377 g/mol. The maximum Gasteiger partial charge on any atom is 0.249 e. The van der Waals surface area contributed by atoms with Crippen LogP contribution in [0.3, 0.4) is 0 Å². The highest BCUT2D eigenvalue weighted by Gasteiger charge is 2.15. The van der Waals surface area contributed by atoms with Crippen LogP contribution in [0.2, 0.25) is 5.02 Å². The predicted molar refractivity (Wildman–Crippen MR) is 81.4 cm³/mol. The molecule has 21 heavy (non-hydrogen) atoms. The Balaban J connectivity index is 2.34. The predicted octanol–water partition coefficient (Wildman–Crippen LogP) is 4.19. The second kappa shape index (κ2) is 6.44. The number of benzene rings is 1. The van der Waals surface area contributed by atoms with Crippen molar-refractivity contribution < 1.29 is 13.9 Å². The summed E-state index contributed by atoms with van der Waals surface area (Å²) < 4.78 is 24.9. The Bertz CT molecular complexity index is 670. The molecular weight excluding hydrogens is 365 g/mol. The highest BCUT2D eigenvalue weighted by Crippen LogP contribution is 2.36. The number of nitrogens with zero attached hydrogens (tertiary/aromatic N) is 2. The van der Waals surface area contributed by atoms with Crippen LogP contribution < -0.4 is 15.2 Å². The Hall–Kier alpha value is -1.60. The van der Waals surface area contributed by atoms with Crippen molar-refractivity contribution in [1.82, 2.24) is 9.97 Å². The lowest BCUT2D eigenvalue weighted by molar-refractivity contribution is 0.232. The maximum atomic E-state index is 13.5. The van der Waals surface area contributed by atoms with Crippen molar-refractivity contribution in [3.05, 3.63) is 33.8 Å². The second-order valence-corrected chi connectivity index (χ2v) is 5.62. The van der Waals surface area contributed by atoms with Gasteiger partial charge in [-0.25, -0.2) is 4.39 Å². The van der Waals surface area contributed by atoms with E-state index in [2.05, 4.69) is 25.9 Å². The first kappa shape index (κ1) is 15.8. The molecule has 0 saturated carbocycles. The molecule has 8 heteroatoms. The Kier molecular flexibility index (Phi) is 4.84. The van der Waals surface area contributed by atoms with Crippen molar-refractivity contribution in [2.45, 2.75) is 20.0 Å². The minimum Gasteiger partial charge on any atom is -0.473 e. The number of aromatic nitrogens is 2. The molecular formula is C13H12BrClFN3O2. The van der Waals surface area contributed by atoms with E-state index in [0.717, 1.165) is 6.07 Å². The highest BCUT2D eigenvalue weighted by molar-refractivity contribution is 9.10. The van der Waals surface area contributed by atoms with Gasteiger partial charge in [-0.15, -0.1) is 0 Å². The normalized spacial score (nSPS) is 10.8. The molecule has 0 aliphatic carbocycles. The first-order chi connectivity index (χ1) is 9.88. The summed E-state index contributed by atoms with van der Waals surface area (Å²) in [4.78, 5) is 7.85.